The summed E-state index contributed by atoms with van der Waals surface area (Å²) in [6.45, 7) is 1.26. The fraction of sp³-hybridized carbons (Fsp3) is 0.300. The first-order valence-electron chi connectivity index (χ1n) is 10.1. The van der Waals surface area contributed by atoms with Gasteiger partial charge in [-0.1, -0.05) is 36.4 Å². The van der Waals surface area contributed by atoms with E-state index in [0.717, 1.165) is 11.4 Å². The third kappa shape index (κ3) is 23.3. The van der Waals surface area contributed by atoms with Gasteiger partial charge in [-0.05, 0) is 24.3 Å². The summed E-state index contributed by atoms with van der Waals surface area (Å²) in [6.07, 6.45) is -1.18. The highest BCUT2D eigenvalue weighted by molar-refractivity contribution is 7.79. The van der Waals surface area contributed by atoms with Gasteiger partial charge in [0.1, 0.15) is 0 Å². The summed E-state index contributed by atoms with van der Waals surface area (Å²) in [6, 6.07) is 19.2. The van der Waals surface area contributed by atoms with E-state index in [1.54, 1.807) is 0 Å². The monoisotopic (exact) mass is 514 g/mol. The number of aliphatic imine (C=N–C) groups is 2. The van der Waals surface area contributed by atoms with E-state index in [1.165, 1.54) is 0 Å². The molecule has 14 nitrogen and oxygen atoms in total. The lowest BCUT2D eigenvalue weighted by atomic mass is 10.3. The van der Waals surface area contributed by atoms with E-state index in [-0.39, 0.29) is 25.0 Å². The summed E-state index contributed by atoms with van der Waals surface area (Å²) in [5.41, 5.74) is 22.5. The molecule has 2 aromatic rings. The van der Waals surface area contributed by atoms with Gasteiger partial charge in [-0.2, -0.15) is 8.42 Å². The number of anilines is 2. The van der Waals surface area contributed by atoms with Gasteiger partial charge in [0.2, 0.25) is 0 Å². The molecule has 0 aliphatic heterocycles. The second kappa shape index (κ2) is 17.8. The van der Waals surface area contributed by atoms with E-state index in [2.05, 4.69) is 20.6 Å². The van der Waals surface area contributed by atoms with Crippen LogP contribution >= 0.6 is 0 Å². The van der Waals surface area contributed by atoms with Crippen LogP contribution in [0.4, 0.5) is 11.4 Å². The van der Waals surface area contributed by atoms with Crippen molar-refractivity contribution in [3.05, 3.63) is 60.7 Å². The minimum atomic E-state index is -4.67. The number of hydrogen-bond donors (Lipinski definition) is 10. The molecule has 0 fully saturated rings. The fourth-order valence-electron chi connectivity index (χ4n) is 2.13. The summed E-state index contributed by atoms with van der Waals surface area (Å²) in [7, 11) is -4.67. The molecule has 15 heteroatoms. The van der Waals surface area contributed by atoms with Crippen LogP contribution in [0.25, 0.3) is 0 Å². The van der Waals surface area contributed by atoms with Crippen LogP contribution in [0.1, 0.15) is 0 Å². The van der Waals surface area contributed by atoms with Crippen molar-refractivity contribution in [3.8, 4) is 0 Å². The van der Waals surface area contributed by atoms with Gasteiger partial charge in [-0.15, -0.1) is 0 Å². The van der Waals surface area contributed by atoms with E-state index in [4.69, 9.17) is 40.5 Å². The van der Waals surface area contributed by atoms with Crippen molar-refractivity contribution in [1.82, 2.24) is 0 Å². The zero-order chi connectivity index (χ0) is 26.7. The Hall–Kier alpha value is -3.63. The molecule has 0 heterocycles. The Morgan fingerprint density at radius 1 is 0.714 bits per heavy atom. The SMILES string of the molecule is NC(N)=NCC(O)CNc1ccccc1.NC(N)=NCC(O)CNc1ccccc1.O=S(=O)(O)O. The van der Waals surface area contributed by atoms with Crippen LogP contribution in [0.15, 0.2) is 70.6 Å². The number of nitrogens with zero attached hydrogens (tertiary/aromatic N) is 2. The standard InChI is InChI=1S/2C10H16N4O.H2O4S/c2*11-10(12)14-7-9(15)6-13-8-4-2-1-3-5-8;1-5(2,3)4/h2*1-5,9,13,15H,6-7H2,(H4,11,12,14);(H2,1,2,3,4). The molecular formula is C20H34N8O6S. The molecular weight excluding hydrogens is 480 g/mol. The lowest BCUT2D eigenvalue weighted by Gasteiger charge is -2.10. The Labute approximate surface area is 204 Å². The Balaban J connectivity index is 0.000000555. The number of rotatable bonds is 10. The number of hydrogen-bond acceptors (Lipinski definition) is 8. The smallest absolute Gasteiger partial charge is 0.389 e. The van der Waals surface area contributed by atoms with Gasteiger partial charge >= 0.3 is 10.4 Å². The van der Waals surface area contributed by atoms with Crippen LogP contribution in [0, 0.1) is 0 Å². The van der Waals surface area contributed by atoms with Crippen LogP contribution in [-0.2, 0) is 10.4 Å². The van der Waals surface area contributed by atoms with Crippen molar-refractivity contribution < 1.29 is 27.7 Å². The number of aliphatic hydroxyl groups is 2. The van der Waals surface area contributed by atoms with Crippen LogP contribution in [0.3, 0.4) is 0 Å². The van der Waals surface area contributed by atoms with E-state index in [1.807, 2.05) is 60.7 Å². The van der Waals surface area contributed by atoms with Crippen LogP contribution in [0.5, 0.6) is 0 Å². The molecule has 0 saturated carbocycles. The van der Waals surface area contributed by atoms with Gasteiger partial charge in [0.15, 0.2) is 11.9 Å². The van der Waals surface area contributed by atoms with Gasteiger partial charge in [0.25, 0.3) is 0 Å². The van der Waals surface area contributed by atoms with Gasteiger partial charge < -0.3 is 43.8 Å². The zero-order valence-electron chi connectivity index (χ0n) is 19.0. The lowest BCUT2D eigenvalue weighted by Crippen LogP contribution is -2.28. The second-order valence-corrected chi connectivity index (χ2v) is 7.68. The van der Waals surface area contributed by atoms with Crippen LogP contribution < -0.4 is 33.6 Å². The van der Waals surface area contributed by atoms with E-state index in [0.29, 0.717) is 13.1 Å². The first-order valence-corrected chi connectivity index (χ1v) is 11.5. The molecule has 0 amide bonds. The molecule has 2 atom stereocenters. The van der Waals surface area contributed by atoms with E-state index >= 15 is 0 Å². The molecule has 35 heavy (non-hydrogen) atoms. The maximum atomic E-state index is 9.48. The first kappa shape index (κ1) is 31.4. The molecule has 0 spiro atoms. The zero-order valence-corrected chi connectivity index (χ0v) is 19.8. The molecule has 0 aromatic heterocycles. The highest BCUT2D eigenvalue weighted by Gasteiger charge is 2.03. The third-order valence-corrected chi connectivity index (χ3v) is 3.60. The fourth-order valence-corrected chi connectivity index (χ4v) is 2.13. The molecule has 0 bridgehead atoms. The summed E-state index contributed by atoms with van der Waals surface area (Å²) in [5, 5.41) is 25.1. The highest BCUT2D eigenvalue weighted by Crippen LogP contribution is 2.05. The molecule has 0 aliphatic rings. The Morgan fingerprint density at radius 2 is 1.00 bits per heavy atom. The number of nitrogens with one attached hydrogen (secondary N) is 2. The number of para-hydroxylation sites is 2. The molecule has 196 valence electrons. The molecule has 0 saturated heterocycles. The maximum Gasteiger partial charge on any atom is 0.394 e. The topological polar surface area (TPSA) is 268 Å². The van der Waals surface area contributed by atoms with Gasteiger partial charge in [0, 0.05) is 24.5 Å². The van der Waals surface area contributed by atoms with Crippen molar-refractivity contribution in [2.24, 2.45) is 32.9 Å². The molecule has 0 aliphatic carbocycles. The highest BCUT2D eigenvalue weighted by atomic mass is 32.3. The van der Waals surface area contributed by atoms with E-state index < -0.39 is 22.6 Å². The number of nitrogens with two attached hydrogens (primary N) is 4. The van der Waals surface area contributed by atoms with Crippen molar-refractivity contribution in [2.75, 3.05) is 36.8 Å². The summed E-state index contributed by atoms with van der Waals surface area (Å²) in [5.74, 6) is -0.0116. The summed E-state index contributed by atoms with van der Waals surface area (Å²) in [4.78, 5) is 7.44. The minimum absolute atomic E-state index is 0.00578. The maximum absolute atomic E-state index is 9.48. The predicted molar refractivity (Wildman–Crippen MR) is 137 cm³/mol. The quantitative estimate of drug-likeness (QED) is 0.102. The summed E-state index contributed by atoms with van der Waals surface area (Å²) >= 11 is 0. The van der Waals surface area contributed by atoms with Crippen molar-refractivity contribution >= 4 is 33.7 Å². The van der Waals surface area contributed by atoms with Crippen LogP contribution in [0.2, 0.25) is 0 Å². The molecule has 2 aromatic carbocycles. The van der Waals surface area contributed by atoms with Crippen molar-refractivity contribution in [1.29, 1.82) is 0 Å². The van der Waals surface area contributed by atoms with Gasteiger partial charge in [-0.3, -0.25) is 19.1 Å². The molecule has 0 radical (unpaired) electrons. The predicted octanol–water partition coefficient (Wildman–Crippen LogP) is -1.19. The molecule has 2 rings (SSSR count). The average Bonchev–Trinajstić information content (AvgIpc) is 2.79. The van der Waals surface area contributed by atoms with Crippen molar-refractivity contribution in [2.45, 2.75) is 12.2 Å². The summed E-state index contributed by atoms with van der Waals surface area (Å²) < 4.78 is 31.6. The molecule has 14 N–H and O–H groups in total. The Morgan fingerprint density at radius 3 is 1.26 bits per heavy atom. The first-order chi connectivity index (χ1) is 16.4. The Kier molecular flexibility index (Phi) is 15.9. The van der Waals surface area contributed by atoms with Crippen molar-refractivity contribution in [3.63, 3.8) is 0 Å². The number of guanidine groups is 2. The third-order valence-electron chi connectivity index (χ3n) is 3.60. The van der Waals surface area contributed by atoms with Crippen LogP contribution in [-0.4, -0.2) is 78.0 Å². The van der Waals surface area contributed by atoms with E-state index in [9.17, 15) is 10.2 Å². The van der Waals surface area contributed by atoms with Gasteiger partial charge in [0.05, 0.1) is 25.3 Å². The Bertz CT molecular complexity index is 896. The minimum Gasteiger partial charge on any atom is -0.389 e. The van der Waals surface area contributed by atoms with Gasteiger partial charge in [-0.25, -0.2) is 0 Å². The largest absolute Gasteiger partial charge is 0.394 e. The number of benzene rings is 2. The normalized spacial score (nSPS) is 11.8. The second-order valence-electron chi connectivity index (χ2n) is 6.78. The average molecular weight is 515 g/mol. The molecule has 2 unspecified atom stereocenters. The number of aliphatic hydroxyl groups excluding tert-OH is 2. The lowest BCUT2D eigenvalue weighted by molar-refractivity contribution is 0.196.